The molecular weight excluding hydrogens is 552 g/mol. The third-order valence-electron chi connectivity index (χ3n) is 3.81. The molecule has 158 valence electrons. The van der Waals surface area contributed by atoms with Crippen LogP contribution in [0.1, 0.15) is 15.9 Å². The highest BCUT2D eigenvalue weighted by atomic mass is 79.9. The van der Waals surface area contributed by atoms with Crippen LogP contribution in [0.5, 0.6) is 11.5 Å². The minimum Gasteiger partial charge on any atom is -0.483 e. The molecule has 0 aliphatic carbocycles. The number of hydrazone groups is 1. The Morgan fingerprint density at radius 2 is 1.81 bits per heavy atom. The first-order chi connectivity index (χ1) is 14.9. The van der Waals surface area contributed by atoms with Crippen molar-refractivity contribution in [2.45, 2.75) is 0 Å². The van der Waals surface area contributed by atoms with E-state index in [-0.39, 0.29) is 6.61 Å². The van der Waals surface area contributed by atoms with E-state index in [1.807, 2.05) is 6.07 Å². The van der Waals surface area contributed by atoms with E-state index in [4.69, 9.17) is 21.1 Å². The van der Waals surface area contributed by atoms with Crippen molar-refractivity contribution in [3.63, 3.8) is 0 Å². The molecule has 9 heteroatoms. The minimum absolute atomic E-state index is 0.206. The lowest BCUT2D eigenvalue weighted by atomic mass is 10.2. The molecule has 0 atom stereocenters. The Kier molecular flexibility index (Phi) is 8.22. The Morgan fingerprint density at radius 1 is 1.03 bits per heavy atom. The molecule has 0 aliphatic rings. The number of nitrogens with zero attached hydrogens (tertiary/aromatic N) is 1. The van der Waals surface area contributed by atoms with Gasteiger partial charge in [-0.05, 0) is 82.2 Å². The lowest BCUT2D eigenvalue weighted by Gasteiger charge is -2.07. The van der Waals surface area contributed by atoms with Gasteiger partial charge in [-0.1, -0.05) is 33.6 Å². The fourth-order valence-electron chi connectivity index (χ4n) is 2.35. The van der Waals surface area contributed by atoms with Crippen LogP contribution in [0.4, 0.5) is 0 Å². The summed E-state index contributed by atoms with van der Waals surface area (Å²) < 4.78 is 12.2. The van der Waals surface area contributed by atoms with Crippen LogP contribution in [0.15, 0.2) is 80.8 Å². The van der Waals surface area contributed by atoms with Gasteiger partial charge in [-0.3, -0.25) is 4.79 Å². The predicted molar refractivity (Wildman–Crippen MR) is 126 cm³/mol. The maximum absolute atomic E-state index is 12.2. The highest BCUT2D eigenvalue weighted by Crippen LogP contribution is 2.27. The van der Waals surface area contributed by atoms with Crippen molar-refractivity contribution in [2.75, 3.05) is 6.61 Å². The zero-order valence-electron chi connectivity index (χ0n) is 15.8. The van der Waals surface area contributed by atoms with Crippen molar-refractivity contribution in [3.05, 3.63) is 91.8 Å². The van der Waals surface area contributed by atoms with Crippen LogP contribution in [-0.4, -0.2) is 24.7 Å². The summed E-state index contributed by atoms with van der Waals surface area (Å²) in [6.07, 6.45) is 1.47. The molecule has 31 heavy (non-hydrogen) atoms. The summed E-state index contributed by atoms with van der Waals surface area (Å²) in [7, 11) is 0. The molecule has 0 heterocycles. The van der Waals surface area contributed by atoms with E-state index in [0.29, 0.717) is 32.1 Å². The van der Waals surface area contributed by atoms with Gasteiger partial charge in [0, 0.05) is 9.50 Å². The highest BCUT2D eigenvalue weighted by molar-refractivity contribution is 9.10. The summed E-state index contributed by atoms with van der Waals surface area (Å²) in [4.78, 5) is 24.0. The molecule has 3 aromatic carbocycles. The van der Waals surface area contributed by atoms with Crippen LogP contribution in [0.2, 0.25) is 5.02 Å². The number of ether oxygens (including phenoxy) is 2. The zero-order valence-corrected chi connectivity index (χ0v) is 19.8. The number of benzene rings is 3. The lowest BCUT2D eigenvalue weighted by Crippen LogP contribution is -2.24. The van der Waals surface area contributed by atoms with Gasteiger partial charge in [-0.2, -0.15) is 5.10 Å². The molecule has 0 bridgehead atoms. The normalized spacial score (nSPS) is 10.7. The first kappa shape index (κ1) is 23.0. The molecule has 0 saturated carbocycles. The van der Waals surface area contributed by atoms with E-state index in [9.17, 15) is 9.59 Å². The second-order valence-electron chi connectivity index (χ2n) is 6.13. The van der Waals surface area contributed by atoms with Gasteiger partial charge in [0.05, 0.1) is 16.3 Å². The van der Waals surface area contributed by atoms with Gasteiger partial charge in [0.25, 0.3) is 5.91 Å². The molecule has 0 saturated heterocycles. The molecule has 1 amide bonds. The summed E-state index contributed by atoms with van der Waals surface area (Å²) in [5, 5.41) is 4.45. The summed E-state index contributed by atoms with van der Waals surface area (Å²) in [5.74, 6) is 0.0182. The number of hydrogen-bond acceptors (Lipinski definition) is 5. The maximum Gasteiger partial charge on any atom is 0.343 e. The molecule has 1 N–H and O–H groups in total. The quantitative estimate of drug-likeness (QED) is 0.175. The third-order valence-corrected chi connectivity index (χ3v) is 5.15. The number of carbonyl (C=O) groups is 2. The molecule has 0 aromatic heterocycles. The van der Waals surface area contributed by atoms with E-state index >= 15 is 0 Å². The monoisotopic (exact) mass is 564 g/mol. The molecule has 3 aromatic rings. The van der Waals surface area contributed by atoms with E-state index in [1.54, 1.807) is 60.7 Å². The number of halogens is 3. The van der Waals surface area contributed by atoms with E-state index < -0.39 is 11.9 Å². The van der Waals surface area contributed by atoms with E-state index in [1.165, 1.54) is 6.21 Å². The number of nitrogens with one attached hydrogen (secondary N) is 1. The van der Waals surface area contributed by atoms with Crippen LogP contribution >= 0.6 is 43.5 Å². The number of esters is 1. The summed E-state index contributed by atoms with van der Waals surface area (Å²) >= 11 is 12.5. The van der Waals surface area contributed by atoms with Crippen LogP contribution in [-0.2, 0) is 4.79 Å². The fraction of sp³-hybridized carbons (Fsp3) is 0.0455. The van der Waals surface area contributed by atoms with Crippen LogP contribution in [0.25, 0.3) is 0 Å². The van der Waals surface area contributed by atoms with E-state index in [2.05, 4.69) is 42.4 Å². The van der Waals surface area contributed by atoms with Crippen molar-refractivity contribution < 1.29 is 19.1 Å². The topological polar surface area (TPSA) is 77.0 Å². The molecular formula is C22H15Br2ClN2O4. The number of rotatable bonds is 7. The predicted octanol–water partition coefficient (Wildman–Crippen LogP) is 5.61. The van der Waals surface area contributed by atoms with Crippen molar-refractivity contribution >= 4 is 61.6 Å². The first-order valence-corrected chi connectivity index (χ1v) is 10.8. The largest absolute Gasteiger partial charge is 0.483 e. The molecule has 0 spiro atoms. The standard InChI is InChI=1S/C22H15Br2ClN2O4/c23-16-3-1-2-15(10-16)22(29)31-18-7-4-14(5-8-18)12-26-27-21(28)13-30-20-9-6-17(25)11-19(20)24/h1-12H,13H2,(H,27,28). The summed E-state index contributed by atoms with van der Waals surface area (Å²) in [6, 6.07) is 18.6. The second-order valence-corrected chi connectivity index (χ2v) is 8.33. The minimum atomic E-state index is -0.456. The smallest absolute Gasteiger partial charge is 0.343 e. The van der Waals surface area contributed by atoms with Crippen molar-refractivity contribution in [1.82, 2.24) is 5.43 Å². The van der Waals surface area contributed by atoms with Gasteiger partial charge in [0.1, 0.15) is 11.5 Å². The number of carbonyl (C=O) groups excluding carboxylic acids is 2. The Morgan fingerprint density at radius 3 is 2.52 bits per heavy atom. The summed E-state index contributed by atoms with van der Waals surface area (Å²) in [6.45, 7) is -0.206. The third kappa shape index (κ3) is 7.20. The van der Waals surface area contributed by atoms with Crippen molar-refractivity contribution in [2.24, 2.45) is 5.10 Å². The van der Waals surface area contributed by atoms with Gasteiger partial charge in [-0.15, -0.1) is 0 Å². The van der Waals surface area contributed by atoms with Crippen LogP contribution < -0.4 is 14.9 Å². The summed E-state index contributed by atoms with van der Waals surface area (Å²) in [5.41, 5.74) is 3.53. The average Bonchev–Trinajstić information content (AvgIpc) is 2.74. The zero-order chi connectivity index (χ0) is 22.2. The van der Waals surface area contributed by atoms with Gasteiger partial charge in [-0.25, -0.2) is 10.2 Å². The molecule has 0 aliphatic heterocycles. The van der Waals surface area contributed by atoms with Gasteiger partial charge < -0.3 is 9.47 Å². The Balaban J connectivity index is 1.47. The van der Waals surface area contributed by atoms with E-state index in [0.717, 1.165) is 4.47 Å². The van der Waals surface area contributed by atoms with Crippen LogP contribution in [0.3, 0.4) is 0 Å². The molecule has 3 rings (SSSR count). The van der Waals surface area contributed by atoms with Gasteiger partial charge in [0.15, 0.2) is 6.61 Å². The lowest BCUT2D eigenvalue weighted by molar-refractivity contribution is -0.123. The van der Waals surface area contributed by atoms with Crippen molar-refractivity contribution in [3.8, 4) is 11.5 Å². The Labute approximate surface area is 200 Å². The SMILES string of the molecule is O=C(COc1ccc(Cl)cc1Br)NN=Cc1ccc(OC(=O)c2cccc(Br)c2)cc1. The average molecular weight is 567 g/mol. The van der Waals surface area contributed by atoms with Gasteiger partial charge >= 0.3 is 5.97 Å². The Hall–Kier alpha value is -2.68. The van der Waals surface area contributed by atoms with Gasteiger partial charge in [0.2, 0.25) is 0 Å². The molecule has 0 radical (unpaired) electrons. The maximum atomic E-state index is 12.2. The number of hydrogen-bond donors (Lipinski definition) is 1. The highest BCUT2D eigenvalue weighted by Gasteiger charge is 2.09. The fourth-order valence-corrected chi connectivity index (χ4v) is 3.55. The first-order valence-electron chi connectivity index (χ1n) is 8.88. The molecule has 6 nitrogen and oxygen atoms in total. The second kappa shape index (κ2) is 11.1. The molecule has 0 unspecified atom stereocenters. The Bertz CT molecular complexity index is 1120. The molecule has 0 fully saturated rings. The van der Waals surface area contributed by atoms with Crippen molar-refractivity contribution in [1.29, 1.82) is 0 Å². The number of amides is 1. The van der Waals surface area contributed by atoms with Crippen LogP contribution in [0, 0.1) is 0 Å².